The van der Waals surface area contributed by atoms with Crippen LogP contribution in [0.4, 0.5) is 30.2 Å². The summed E-state index contributed by atoms with van der Waals surface area (Å²) in [5.41, 5.74) is -2.31. The Balaban J connectivity index is 2.49. The quantitative estimate of drug-likeness (QED) is 0.475. The van der Waals surface area contributed by atoms with Crippen molar-refractivity contribution in [2.75, 3.05) is 5.43 Å². The second kappa shape index (κ2) is 6.84. The lowest BCUT2D eigenvalue weighted by Crippen LogP contribution is -2.09. The van der Waals surface area contributed by atoms with Gasteiger partial charge in [-0.15, -0.1) is 11.3 Å². The van der Waals surface area contributed by atoms with Crippen LogP contribution in [0.2, 0.25) is 0 Å². The molecule has 0 unspecified atom stereocenters. The Morgan fingerprint density at radius 3 is 2.12 bits per heavy atom. The molecule has 0 saturated heterocycles. The molecular weight excluding hydrogens is 365 g/mol. The van der Waals surface area contributed by atoms with Crippen LogP contribution < -0.4 is 5.43 Å². The van der Waals surface area contributed by atoms with Crippen molar-refractivity contribution >= 4 is 34.6 Å². The number of thiophene rings is 1. The van der Waals surface area contributed by atoms with Crippen LogP contribution in [0.3, 0.4) is 0 Å². The standard InChI is InChI=1S/C13H9F3N4O4S/c1-7-2-3-9(25-7)6-17-18-12-10(19(21)22)4-8(13(14,15)16)5-11(12)20(23)24/h2-6,18H,1H3. The van der Waals surface area contributed by atoms with Crippen molar-refractivity contribution in [3.8, 4) is 0 Å². The summed E-state index contributed by atoms with van der Waals surface area (Å²) in [6, 6.07) is 3.93. The third-order valence-corrected chi connectivity index (χ3v) is 3.88. The minimum Gasteiger partial charge on any atom is -0.266 e. The molecule has 1 aromatic carbocycles. The minimum absolute atomic E-state index is 0.222. The van der Waals surface area contributed by atoms with Crippen molar-refractivity contribution in [2.45, 2.75) is 13.1 Å². The molecule has 0 amide bonds. The zero-order valence-corrected chi connectivity index (χ0v) is 13.2. The van der Waals surface area contributed by atoms with Gasteiger partial charge in [0.1, 0.15) is 0 Å². The first kappa shape index (κ1) is 18.3. The summed E-state index contributed by atoms with van der Waals surface area (Å²) in [6.07, 6.45) is -3.71. The molecule has 132 valence electrons. The number of hydrogen-bond acceptors (Lipinski definition) is 7. The number of hydrogen-bond donors (Lipinski definition) is 1. The Kier molecular flexibility index (Phi) is 5.02. The van der Waals surface area contributed by atoms with Gasteiger partial charge in [0, 0.05) is 21.9 Å². The van der Waals surface area contributed by atoms with Gasteiger partial charge in [0.15, 0.2) is 0 Å². The minimum atomic E-state index is -4.97. The molecule has 2 rings (SSSR count). The number of aryl methyl sites for hydroxylation is 1. The van der Waals surface area contributed by atoms with Gasteiger partial charge < -0.3 is 0 Å². The van der Waals surface area contributed by atoms with E-state index in [0.717, 1.165) is 4.88 Å². The number of hydrazone groups is 1. The van der Waals surface area contributed by atoms with E-state index in [1.54, 1.807) is 12.1 Å². The van der Waals surface area contributed by atoms with Crippen molar-refractivity contribution in [1.82, 2.24) is 0 Å². The molecule has 25 heavy (non-hydrogen) atoms. The number of nitro benzene ring substituents is 2. The van der Waals surface area contributed by atoms with Gasteiger partial charge in [-0.3, -0.25) is 25.7 Å². The molecule has 0 aliphatic carbocycles. The van der Waals surface area contributed by atoms with E-state index >= 15 is 0 Å². The fourth-order valence-electron chi connectivity index (χ4n) is 1.86. The van der Waals surface area contributed by atoms with Crippen LogP contribution in [-0.4, -0.2) is 16.1 Å². The largest absolute Gasteiger partial charge is 0.416 e. The highest BCUT2D eigenvalue weighted by Crippen LogP contribution is 2.41. The SMILES string of the molecule is Cc1ccc(C=NNc2c([N+](=O)[O-])cc(C(F)(F)F)cc2[N+](=O)[O-])s1. The highest BCUT2D eigenvalue weighted by atomic mass is 32.1. The lowest BCUT2D eigenvalue weighted by molar-refractivity contribution is -0.392. The molecule has 0 bridgehead atoms. The fourth-order valence-corrected chi connectivity index (χ4v) is 2.61. The van der Waals surface area contributed by atoms with Crippen LogP contribution in [0.1, 0.15) is 15.3 Å². The first-order chi connectivity index (χ1) is 11.6. The summed E-state index contributed by atoms with van der Waals surface area (Å²) in [5.74, 6) is 0. The van der Waals surface area contributed by atoms with E-state index in [1.807, 2.05) is 6.92 Å². The maximum Gasteiger partial charge on any atom is 0.416 e. The van der Waals surface area contributed by atoms with Crippen molar-refractivity contribution in [2.24, 2.45) is 5.10 Å². The molecule has 12 heteroatoms. The van der Waals surface area contributed by atoms with Crippen LogP contribution >= 0.6 is 11.3 Å². The summed E-state index contributed by atoms with van der Waals surface area (Å²) >= 11 is 1.34. The zero-order valence-electron chi connectivity index (χ0n) is 12.4. The smallest absolute Gasteiger partial charge is 0.266 e. The molecule has 0 spiro atoms. The molecule has 0 atom stereocenters. The van der Waals surface area contributed by atoms with Gasteiger partial charge in [0.05, 0.1) is 21.6 Å². The molecule has 8 nitrogen and oxygen atoms in total. The lowest BCUT2D eigenvalue weighted by atomic mass is 10.1. The van der Waals surface area contributed by atoms with Gasteiger partial charge in [-0.05, 0) is 19.1 Å². The number of nitro groups is 2. The van der Waals surface area contributed by atoms with Gasteiger partial charge >= 0.3 is 17.6 Å². The van der Waals surface area contributed by atoms with E-state index in [1.165, 1.54) is 17.6 Å². The normalized spacial score (nSPS) is 11.7. The van der Waals surface area contributed by atoms with Gasteiger partial charge in [0.2, 0.25) is 5.69 Å². The topological polar surface area (TPSA) is 111 Å². The average molecular weight is 374 g/mol. The van der Waals surface area contributed by atoms with Crippen LogP contribution in [0.15, 0.2) is 29.4 Å². The van der Waals surface area contributed by atoms with Crippen LogP contribution in [0.5, 0.6) is 0 Å². The van der Waals surface area contributed by atoms with Crippen molar-refractivity contribution in [3.05, 3.63) is 59.8 Å². The maximum absolute atomic E-state index is 12.8. The third kappa shape index (κ3) is 4.29. The summed E-state index contributed by atoms with van der Waals surface area (Å²) in [5, 5.41) is 25.7. The number of alkyl halides is 3. The first-order valence-corrected chi connectivity index (χ1v) is 7.31. The number of nitrogens with zero attached hydrogens (tertiary/aromatic N) is 3. The Labute approximate surface area is 141 Å². The number of anilines is 1. The van der Waals surface area contributed by atoms with Gasteiger partial charge in [-0.25, -0.2) is 0 Å². The highest BCUT2D eigenvalue weighted by molar-refractivity contribution is 7.13. The molecule has 0 fully saturated rings. The van der Waals surface area contributed by atoms with Gasteiger partial charge in [0.25, 0.3) is 0 Å². The predicted molar refractivity (Wildman–Crippen MR) is 85.0 cm³/mol. The molecule has 1 heterocycles. The van der Waals surface area contributed by atoms with Crippen molar-refractivity contribution in [1.29, 1.82) is 0 Å². The van der Waals surface area contributed by atoms with Crippen LogP contribution in [0.25, 0.3) is 0 Å². The van der Waals surface area contributed by atoms with Crippen LogP contribution in [-0.2, 0) is 6.18 Å². The second-order valence-electron chi connectivity index (χ2n) is 4.72. The molecule has 0 saturated carbocycles. The maximum atomic E-state index is 12.8. The Hall–Kier alpha value is -3.02. The predicted octanol–water partition coefficient (Wildman–Crippen LogP) is 4.34. The Bertz CT molecular complexity index is 828. The van der Waals surface area contributed by atoms with Gasteiger partial charge in [-0.1, -0.05) is 0 Å². The lowest BCUT2D eigenvalue weighted by Gasteiger charge is -2.09. The molecule has 1 aromatic heterocycles. The number of benzene rings is 1. The Morgan fingerprint density at radius 1 is 1.16 bits per heavy atom. The highest BCUT2D eigenvalue weighted by Gasteiger charge is 2.37. The molecule has 0 aliphatic heterocycles. The van der Waals surface area contributed by atoms with E-state index in [0.29, 0.717) is 4.88 Å². The Morgan fingerprint density at radius 2 is 1.72 bits per heavy atom. The van der Waals surface area contributed by atoms with E-state index in [4.69, 9.17) is 0 Å². The molecule has 2 aromatic rings. The summed E-state index contributed by atoms with van der Waals surface area (Å²) in [6.45, 7) is 1.83. The van der Waals surface area contributed by atoms with Crippen LogP contribution in [0, 0.1) is 27.2 Å². The van der Waals surface area contributed by atoms with E-state index in [2.05, 4.69) is 10.5 Å². The number of halogens is 3. The van der Waals surface area contributed by atoms with Gasteiger partial charge in [-0.2, -0.15) is 18.3 Å². The number of nitrogens with one attached hydrogen (secondary N) is 1. The summed E-state index contributed by atoms with van der Waals surface area (Å²) in [4.78, 5) is 21.4. The monoisotopic (exact) mass is 374 g/mol. The molecule has 0 aliphatic rings. The number of rotatable bonds is 5. The second-order valence-corrected chi connectivity index (χ2v) is 6.04. The molecule has 1 N–H and O–H groups in total. The van der Waals surface area contributed by atoms with E-state index in [9.17, 15) is 33.4 Å². The summed E-state index contributed by atoms with van der Waals surface area (Å²) < 4.78 is 38.4. The van der Waals surface area contributed by atoms with Crippen molar-refractivity contribution < 1.29 is 23.0 Å². The molecular formula is C13H9F3N4O4S. The van der Waals surface area contributed by atoms with E-state index < -0.39 is 38.6 Å². The summed E-state index contributed by atoms with van der Waals surface area (Å²) in [7, 11) is 0. The fraction of sp³-hybridized carbons (Fsp3) is 0.154. The molecule has 0 radical (unpaired) electrons. The third-order valence-electron chi connectivity index (χ3n) is 2.95. The first-order valence-electron chi connectivity index (χ1n) is 6.49. The average Bonchev–Trinajstić information content (AvgIpc) is 2.91. The zero-order chi connectivity index (χ0) is 18.8. The van der Waals surface area contributed by atoms with E-state index in [-0.39, 0.29) is 12.1 Å². The van der Waals surface area contributed by atoms with Crippen molar-refractivity contribution in [3.63, 3.8) is 0 Å².